The average molecular weight is 357 g/mol. The smallest absolute Gasteiger partial charge is 0.267 e. The van der Waals surface area contributed by atoms with Gasteiger partial charge in [-0.15, -0.1) is 0 Å². The number of rotatable bonds is 6. The van der Waals surface area contributed by atoms with E-state index in [9.17, 15) is 9.18 Å². The molecule has 1 fully saturated rings. The molecule has 0 amide bonds. The molecule has 0 atom stereocenters. The lowest BCUT2D eigenvalue weighted by Gasteiger charge is -2.11. The van der Waals surface area contributed by atoms with Crippen molar-refractivity contribution < 1.29 is 4.39 Å². The number of halogens is 2. The minimum atomic E-state index is -0.306. The second-order valence-corrected chi connectivity index (χ2v) is 6.65. The van der Waals surface area contributed by atoms with Crippen LogP contribution in [0.1, 0.15) is 24.3 Å². The van der Waals surface area contributed by atoms with Crippen LogP contribution in [-0.4, -0.2) is 9.78 Å². The topological polar surface area (TPSA) is 34.9 Å². The Morgan fingerprint density at radius 2 is 1.96 bits per heavy atom. The highest BCUT2D eigenvalue weighted by atomic mass is 35.5. The SMILES string of the molecule is C=C(Cl)/C=C\C(=C)Cn1nc(-c2ccc(F)cc2)cc(C2CC2)c1=O. The van der Waals surface area contributed by atoms with Crippen LogP contribution in [0.3, 0.4) is 0 Å². The van der Waals surface area contributed by atoms with Crippen molar-refractivity contribution in [3.63, 3.8) is 0 Å². The molecule has 3 nitrogen and oxygen atoms in total. The largest absolute Gasteiger partial charge is 0.270 e. The summed E-state index contributed by atoms with van der Waals surface area (Å²) in [6.45, 7) is 7.77. The van der Waals surface area contributed by atoms with Gasteiger partial charge in [0, 0.05) is 16.2 Å². The summed E-state index contributed by atoms with van der Waals surface area (Å²) >= 11 is 5.71. The quantitative estimate of drug-likeness (QED) is 0.697. The normalized spacial score (nSPS) is 14.0. The molecule has 1 aromatic heterocycles. The highest BCUT2D eigenvalue weighted by Gasteiger charge is 2.28. The zero-order valence-corrected chi connectivity index (χ0v) is 14.5. The molecule has 0 N–H and O–H groups in total. The van der Waals surface area contributed by atoms with Crippen molar-refractivity contribution in [1.29, 1.82) is 0 Å². The van der Waals surface area contributed by atoms with Gasteiger partial charge >= 0.3 is 0 Å². The fourth-order valence-corrected chi connectivity index (χ4v) is 2.63. The molecule has 1 saturated carbocycles. The number of aromatic nitrogens is 2. The maximum absolute atomic E-state index is 13.2. The Hall–Kier alpha value is -2.46. The predicted octanol–water partition coefficient (Wildman–Crippen LogP) is 4.79. The van der Waals surface area contributed by atoms with Crippen LogP contribution in [0.2, 0.25) is 0 Å². The first-order valence-corrected chi connectivity index (χ1v) is 8.40. The first-order chi connectivity index (χ1) is 11.9. The molecule has 1 aromatic carbocycles. The van der Waals surface area contributed by atoms with Gasteiger partial charge in [0.25, 0.3) is 5.56 Å². The van der Waals surface area contributed by atoms with Gasteiger partial charge in [0.1, 0.15) is 5.82 Å². The zero-order valence-electron chi connectivity index (χ0n) is 13.7. The molecular weight excluding hydrogens is 339 g/mol. The Balaban J connectivity index is 1.99. The van der Waals surface area contributed by atoms with E-state index in [0.29, 0.717) is 16.3 Å². The number of hydrogen-bond donors (Lipinski definition) is 0. The standard InChI is InChI=1S/C20H18ClFN2O/c1-13(3-4-14(2)21)12-24-20(25)18(15-5-6-15)11-19(23-24)16-7-9-17(22)10-8-16/h3-4,7-11,15H,1-2,5-6,12H2/b4-3-. The fourth-order valence-electron chi connectivity index (χ4n) is 2.57. The molecule has 0 saturated heterocycles. The highest BCUT2D eigenvalue weighted by Crippen LogP contribution is 2.39. The first-order valence-electron chi connectivity index (χ1n) is 8.02. The second kappa shape index (κ2) is 7.19. The molecule has 1 aliphatic carbocycles. The summed E-state index contributed by atoms with van der Waals surface area (Å²) in [7, 11) is 0. The van der Waals surface area contributed by atoms with Crippen LogP contribution in [0.5, 0.6) is 0 Å². The van der Waals surface area contributed by atoms with E-state index in [-0.39, 0.29) is 23.8 Å². The number of nitrogens with zero attached hydrogens (tertiary/aromatic N) is 2. The van der Waals surface area contributed by atoms with Crippen LogP contribution < -0.4 is 5.56 Å². The lowest BCUT2D eigenvalue weighted by atomic mass is 10.1. The third-order valence-electron chi connectivity index (χ3n) is 4.01. The lowest BCUT2D eigenvalue weighted by molar-refractivity contribution is 0.626. The van der Waals surface area contributed by atoms with E-state index in [1.807, 2.05) is 6.07 Å². The number of benzene rings is 1. The van der Waals surface area contributed by atoms with E-state index in [1.165, 1.54) is 16.8 Å². The maximum atomic E-state index is 13.2. The minimum absolute atomic E-state index is 0.104. The van der Waals surface area contributed by atoms with E-state index in [0.717, 1.165) is 24.0 Å². The Morgan fingerprint density at radius 1 is 1.28 bits per heavy atom. The van der Waals surface area contributed by atoms with Crippen LogP contribution in [-0.2, 0) is 6.54 Å². The number of hydrogen-bond acceptors (Lipinski definition) is 2. The van der Waals surface area contributed by atoms with Crippen LogP contribution in [0.15, 0.2) is 71.0 Å². The fraction of sp³-hybridized carbons (Fsp3) is 0.200. The Labute approximate surface area is 150 Å². The van der Waals surface area contributed by atoms with Crippen molar-refractivity contribution in [3.05, 3.63) is 88.0 Å². The van der Waals surface area contributed by atoms with Crippen molar-refractivity contribution in [2.24, 2.45) is 0 Å². The molecule has 5 heteroatoms. The summed E-state index contributed by atoms with van der Waals surface area (Å²) in [6.07, 6.45) is 5.36. The molecule has 1 aliphatic rings. The molecule has 25 heavy (non-hydrogen) atoms. The van der Waals surface area contributed by atoms with Gasteiger partial charge in [-0.05, 0) is 60.7 Å². The van der Waals surface area contributed by atoms with Crippen molar-refractivity contribution in [3.8, 4) is 11.3 Å². The van der Waals surface area contributed by atoms with Crippen molar-refractivity contribution >= 4 is 11.6 Å². The molecule has 0 aliphatic heterocycles. The molecular formula is C20H18ClFN2O. The van der Waals surface area contributed by atoms with Crippen LogP contribution in [0.4, 0.5) is 4.39 Å². The number of allylic oxidation sites excluding steroid dienone is 4. The third-order valence-corrected chi connectivity index (χ3v) is 4.14. The Kier molecular flexibility index (Phi) is 5.00. The summed E-state index contributed by atoms with van der Waals surface area (Å²) in [6, 6.07) is 7.92. The highest BCUT2D eigenvalue weighted by molar-refractivity contribution is 6.30. The molecule has 0 unspecified atom stereocenters. The second-order valence-electron chi connectivity index (χ2n) is 6.17. The summed E-state index contributed by atoms with van der Waals surface area (Å²) in [5, 5.41) is 4.83. The maximum Gasteiger partial charge on any atom is 0.270 e. The summed E-state index contributed by atoms with van der Waals surface area (Å²) in [5.74, 6) is -0.0216. The molecule has 0 bridgehead atoms. The van der Waals surface area contributed by atoms with Gasteiger partial charge in [0.2, 0.25) is 0 Å². The molecule has 0 radical (unpaired) electrons. The van der Waals surface area contributed by atoms with Crippen molar-refractivity contribution in [2.75, 3.05) is 0 Å². The Bertz CT molecular complexity index is 908. The predicted molar refractivity (Wildman–Crippen MR) is 99.1 cm³/mol. The lowest BCUT2D eigenvalue weighted by Crippen LogP contribution is -2.27. The van der Waals surface area contributed by atoms with Gasteiger partial charge in [0.05, 0.1) is 12.2 Å². The summed E-state index contributed by atoms with van der Waals surface area (Å²) in [5.41, 5.74) is 2.77. The minimum Gasteiger partial charge on any atom is -0.267 e. The Morgan fingerprint density at radius 3 is 2.56 bits per heavy atom. The summed E-state index contributed by atoms with van der Waals surface area (Å²) < 4.78 is 14.6. The van der Waals surface area contributed by atoms with Gasteiger partial charge in [-0.2, -0.15) is 5.10 Å². The van der Waals surface area contributed by atoms with E-state index >= 15 is 0 Å². The first kappa shape index (κ1) is 17.4. The molecule has 0 spiro atoms. The molecule has 1 heterocycles. The van der Waals surface area contributed by atoms with Gasteiger partial charge in [-0.3, -0.25) is 4.79 Å². The average Bonchev–Trinajstić information content (AvgIpc) is 3.40. The molecule has 3 rings (SSSR count). The van der Waals surface area contributed by atoms with Crippen LogP contribution in [0, 0.1) is 5.82 Å². The van der Waals surface area contributed by atoms with Crippen molar-refractivity contribution in [2.45, 2.75) is 25.3 Å². The van der Waals surface area contributed by atoms with Crippen LogP contribution in [0.25, 0.3) is 11.3 Å². The zero-order chi connectivity index (χ0) is 18.0. The van der Waals surface area contributed by atoms with E-state index < -0.39 is 0 Å². The monoisotopic (exact) mass is 356 g/mol. The van der Waals surface area contributed by atoms with Gasteiger partial charge in [0.15, 0.2) is 0 Å². The molecule has 2 aromatic rings. The third kappa shape index (κ3) is 4.34. The van der Waals surface area contributed by atoms with E-state index in [1.54, 1.807) is 24.3 Å². The molecule has 128 valence electrons. The van der Waals surface area contributed by atoms with Crippen molar-refractivity contribution in [1.82, 2.24) is 9.78 Å². The van der Waals surface area contributed by atoms with E-state index in [4.69, 9.17) is 11.6 Å². The van der Waals surface area contributed by atoms with Gasteiger partial charge in [-0.25, -0.2) is 9.07 Å². The summed E-state index contributed by atoms with van der Waals surface area (Å²) in [4.78, 5) is 12.7. The van der Waals surface area contributed by atoms with Gasteiger partial charge < -0.3 is 0 Å². The van der Waals surface area contributed by atoms with Gasteiger partial charge in [-0.1, -0.05) is 30.8 Å². The van der Waals surface area contributed by atoms with Crippen LogP contribution >= 0.6 is 11.6 Å². The van der Waals surface area contributed by atoms with E-state index in [2.05, 4.69) is 18.3 Å².